The van der Waals surface area contributed by atoms with E-state index >= 15 is 0 Å². The number of thiophene rings is 1. The number of methoxy groups -OCH3 is 1. The molecule has 0 unspecified atom stereocenters. The summed E-state index contributed by atoms with van der Waals surface area (Å²) in [4.78, 5) is 25.1. The molecular formula is C18H20N4O2S. The fraction of sp³-hybridized carbons (Fsp3) is 0.389. The van der Waals surface area contributed by atoms with Crippen molar-refractivity contribution >= 4 is 29.1 Å². The zero-order valence-corrected chi connectivity index (χ0v) is 14.9. The number of amides is 1. The largest absolute Gasteiger partial charge is 0.375 e. The van der Waals surface area contributed by atoms with Crippen molar-refractivity contribution in [2.45, 2.75) is 18.5 Å². The Morgan fingerprint density at radius 3 is 2.84 bits per heavy atom. The van der Waals surface area contributed by atoms with Crippen LogP contribution < -0.4 is 5.32 Å². The Kier molecular flexibility index (Phi) is 4.27. The second kappa shape index (κ2) is 6.57. The van der Waals surface area contributed by atoms with Gasteiger partial charge in [0, 0.05) is 56.5 Å². The highest BCUT2D eigenvalue weighted by molar-refractivity contribution is 7.17. The summed E-state index contributed by atoms with van der Waals surface area (Å²) < 4.78 is 4.95. The predicted molar refractivity (Wildman–Crippen MR) is 99.2 cm³/mol. The summed E-state index contributed by atoms with van der Waals surface area (Å²) in [6, 6.07) is 6.22. The molecule has 1 saturated heterocycles. The summed E-state index contributed by atoms with van der Waals surface area (Å²) in [6.07, 6.45) is 7.21. The molecule has 1 spiro atoms. The van der Waals surface area contributed by atoms with Crippen LogP contribution in [0.25, 0.3) is 10.4 Å². The number of likely N-dealkylation sites (tertiary alicyclic amines) is 1. The van der Waals surface area contributed by atoms with Crippen molar-refractivity contribution in [3.05, 3.63) is 35.5 Å². The van der Waals surface area contributed by atoms with E-state index in [1.807, 2.05) is 35.6 Å². The second-order valence-corrected chi connectivity index (χ2v) is 7.44. The monoisotopic (exact) mass is 356 g/mol. The lowest BCUT2D eigenvalue weighted by atomic mass is 9.95. The normalized spacial score (nSPS) is 18.0. The summed E-state index contributed by atoms with van der Waals surface area (Å²) >= 11 is 1.73. The molecule has 0 atom stereocenters. The Hall–Kier alpha value is -2.25. The van der Waals surface area contributed by atoms with Gasteiger partial charge in [-0.1, -0.05) is 0 Å². The molecule has 2 aliphatic rings. The number of fused-ring (bicyclic) bond motifs is 1. The molecule has 25 heavy (non-hydrogen) atoms. The minimum absolute atomic E-state index is 0.0494. The van der Waals surface area contributed by atoms with Crippen LogP contribution in [-0.4, -0.2) is 54.5 Å². The van der Waals surface area contributed by atoms with Gasteiger partial charge in [-0.15, -0.1) is 11.3 Å². The van der Waals surface area contributed by atoms with E-state index in [9.17, 15) is 4.79 Å². The minimum Gasteiger partial charge on any atom is -0.375 e. The molecule has 0 radical (unpaired) electrons. The topological polar surface area (TPSA) is 66.8 Å². The standard InChI is InChI=1S/C18H20N4O2S/c1-24-12-17(23)22-8-4-18(5-9-22)20-11-16-14(21-18)10-15(25-16)13-2-6-19-7-3-13/h2-3,6-7,10-11,21H,4-5,8-9,12H2,1H3. The lowest BCUT2D eigenvalue weighted by molar-refractivity contribution is -0.136. The number of aromatic nitrogens is 1. The van der Waals surface area contributed by atoms with Crippen LogP contribution in [0.3, 0.4) is 0 Å². The number of ether oxygens (including phenoxy) is 1. The number of nitrogens with one attached hydrogen (secondary N) is 1. The Labute approximate surface area is 150 Å². The molecule has 2 aromatic rings. The van der Waals surface area contributed by atoms with Gasteiger partial charge in [-0.05, 0) is 23.8 Å². The van der Waals surface area contributed by atoms with E-state index in [4.69, 9.17) is 9.73 Å². The van der Waals surface area contributed by atoms with Crippen LogP contribution in [0.2, 0.25) is 0 Å². The number of rotatable bonds is 3. The van der Waals surface area contributed by atoms with Gasteiger partial charge in [0.25, 0.3) is 0 Å². The van der Waals surface area contributed by atoms with Gasteiger partial charge in [0.15, 0.2) is 0 Å². The molecule has 130 valence electrons. The van der Waals surface area contributed by atoms with E-state index in [2.05, 4.69) is 16.4 Å². The number of pyridine rings is 1. The zero-order valence-electron chi connectivity index (χ0n) is 14.1. The number of piperidine rings is 1. The number of carbonyl (C=O) groups is 1. The Morgan fingerprint density at radius 1 is 1.36 bits per heavy atom. The lowest BCUT2D eigenvalue weighted by Gasteiger charge is -2.41. The highest BCUT2D eigenvalue weighted by atomic mass is 32.1. The van der Waals surface area contributed by atoms with Crippen molar-refractivity contribution in [2.75, 3.05) is 32.1 Å². The van der Waals surface area contributed by atoms with Gasteiger partial charge in [0.1, 0.15) is 12.3 Å². The molecule has 1 amide bonds. The van der Waals surface area contributed by atoms with Crippen molar-refractivity contribution in [3.8, 4) is 10.4 Å². The van der Waals surface area contributed by atoms with E-state index in [1.165, 1.54) is 10.4 Å². The third kappa shape index (κ3) is 3.17. The number of hydrogen-bond donors (Lipinski definition) is 1. The number of aliphatic imine (C=N–C) groups is 1. The van der Waals surface area contributed by atoms with Crippen molar-refractivity contribution in [1.29, 1.82) is 0 Å². The molecule has 4 heterocycles. The third-order valence-electron chi connectivity index (χ3n) is 4.73. The molecule has 1 fully saturated rings. The number of nitrogens with zero attached hydrogens (tertiary/aromatic N) is 3. The first-order chi connectivity index (χ1) is 12.2. The molecule has 6 nitrogen and oxygen atoms in total. The highest BCUT2D eigenvalue weighted by Crippen LogP contribution is 2.40. The van der Waals surface area contributed by atoms with Crippen LogP contribution >= 0.6 is 11.3 Å². The SMILES string of the molecule is COCC(=O)N1CCC2(CC1)N=Cc1sc(-c3ccncc3)cc1N2. The number of anilines is 1. The van der Waals surface area contributed by atoms with E-state index in [0.717, 1.165) is 23.4 Å². The molecule has 0 aliphatic carbocycles. The summed E-state index contributed by atoms with van der Waals surface area (Å²) in [5, 5.41) is 3.62. The van der Waals surface area contributed by atoms with E-state index < -0.39 is 0 Å². The maximum absolute atomic E-state index is 12.0. The summed E-state index contributed by atoms with van der Waals surface area (Å²) in [5.41, 5.74) is 2.00. The number of hydrogen-bond acceptors (Lipinski definition) is 6. The molecule has 7 heteroatoms. The van der Waals surface area contributed by atoms with E-state index in [1.54, 1.807) is 18.4 Å². The summed E-state index contributed by atoms with van der Waals surface area (Å²) in [6.45, 7) is 1.54. The molecule has 4 rings (SSSR count). The summed E-state index contributed by atoms with van der Waals surface area (Å²) in [5.74, 6) is 0.0494. The van der Waals surface area contributed by atoms with Crippen LogP contribution in [0.4, 0.5) is 5.69 Å². The van der Waals surface area contributed by atoms with Gasteiger partial charge < -0.3 is 15.0 Å². The fourth-order valence-corrected chi connectivity index (χ4v) is 4.31. The minimum atomic E-state index is -0.298. The van der Waals surface area contributed by atoms with Gasteiger partial charge in [-0.3, -0.25) is 14.8 Å². The average molecular weight is 356 g/mol. The lowest BCUT2D eigenvalue weighted by Crippen LogP contribution is -2.51. The molecule has 0 bridgehead atoms. The quantitative estimate of drug-likeness (QED) is 0.918. The summed E-state index contributed by atoms with van der Waals surface area (Å²) in [7, 11) is 1.55. The molecule has 2 aromatic heterocycles. The van der Waals surface area contributed by atoms with E-state index in [-0.39, 0.29) is 18.2 Å². The van der Waals surface area contributed by atoms with Crippen molar-refractivity contribution < 1.29 is 9.53 Å². The first-order valence-electron chi connectivity index (χ1n) is 8.33. The van der Waals surface area contributed by atoms with Crippen molar-refractivity contribution in [2.24, 2.45) is 4.99 Å². The molecule has 1 N–H and O–H groups in total. The number of carbonyl (C=O) groups excluding carboxylic acids is 1. The molecule has 2 aliphatic heterocycles. The highest BCUT2D eigenvalue weighted by Gasteiger charge is 2.37. The van der Waals surface area contributed by atoms with E-state index in [0.29, 0.717) is 13.1 Å². The Bertz CT molecular complexity index is 795. The molecule has 0 saturated carbocycles. The maximum Gasteiger partial charge on any atom is 0.248 e. The Balaban J connectivity index is 1.49. The second-order valence-electron chi connectivity index (χ2n) is 6.35. The third-order valence-corrected chi connectivity index (χ3v) is 5.85. The zero-order chi connectivity index (χ0) is 17.3. The van der Waals surface area contributed by atoms with Gasteiger partial charge in [-0.2, -0.15) is 0 Å². The molecule has 0 aromatic carbocycles. The fourth-order valence-electron chi connectivity index (χ4n) is 3.32. The van der Waals surface area contributed by atoms with Crippen LogP contribution in [-0.2, 0) is 9.53 Å². The van der Waals surface area contributed by atoms with Gasteiger partial charge in [0.05, 0.1) is 10.6 Å². The molecular weight excluding hydrogens is 336 g/mol. The van der Waals surface area contributed by atoms with Crippen LogP contribution in [0.5, 0.6) is 0 Å². The predicted octanol–water partition coefficient (Wildman–Crippen LogP) is 2.62. The van der Waals surface area contributed by atoms with Crippen LogP contribution in [0.1, 0.15) is 17.7 Å². The van der Waals surface area contributed by atoms with Gasteiger partial charge in [0.2, 0.25) is 5.91 Å². The maximum atomic E-state index is 12.0. The average Bonchev–Trinajstić information content (AvgIpc) is 3.06. The first kappa shape index (κ1) is 16.2. The first-order valence-corrected chi connectivity index (χ1v) is 9.15. The Morgan fingerprint density at radius 2 is 2.12 bits per heavy atom. The van der Waals surface area contributed by atoms with Crippen LogP contribution in [0.15, 0.2) is 35.6 Å². The van der Waals surface area contributed by atoms with Crippen LogP contribution in [0, 0.1) is 0 Å². The van der Waals surface area contributed by atoms with Crippen molar-refractivity contribution in [1.82, 2.24) is 9.88 Å². The van der Waals surface area contributed by atoms with Gasteiger partial charge >= 0.3 is 0 Å². The van der Waals surface area contributed by atoms with Gasteiger partial charge in [-0.25, -0.2) is 0 Å². The van der Waals surface area contributed by atoms with Crippen molar-refractivity contribution in [3.63, 3.8) is 0 Å². The smallest absolute Gasteiger partial charge is 0.248 e.